The van der Waals surface area contributed by atoms with E-state index in [0.29, 0.717) is 11.5 Å². The number of carboxylic acid groups (broad SMARTS) is 1. The molecule has 0 saturated carbocycles. The topological polar surface area (TPSA) is 55.8 Å². The van der Waals surface area contributed by atoms with Crippen LogP contribution in [0, 0.1) is 0 Å². The van der Waals surface area contributed by atoms with E-state index in [0.717, 1.165) is 15.6 Å². The Morgan fingerprint density at radius 1 is 1.53 bits per heavy atom. The van der Waals surface area contributed by atoms with Crippen LogP contribution < -0.4 is 9.47 Å². The number of hydrogen-bond donors (Lipinski definition) is 1. The molecule has 1 N–H and O–H groups in total. The Hall–Kier alpha value is -1.23. The van der Waals surface area contributed by atoms with E-state index in [1.165, 1.54) is 0 Å². The zero-order valence-corrected chi connectivity index (χ0v) is 11.2. The van der Waals surface area contributed by atoms with E-state index < -0.39 is 5.97 Å². The predicted molar refractivity (Wildman–Crippen MR) is 65.7 cm³/mol. The molecule has 2 rings (SSSR count). The monoisotopic (exact) mass is 300 g/mol. The van der Waals surface area contributed by atoms with Gasteiger partial charge in [0.15, 0.2) is 11.5 Å². The summed E-state index contributed by atoms with van der Waals surface area (Å²) >= 11 is 3.48. The standard InChI is InChI=1S/C12H13BrO4/c1-6(2)10-7(4-9(14)15)3-8-12(11(10)13)17-5-16-8/h3,6H,4-5H2,1-2H3,(H,14,15). The molecule has 0 aliphatic carbocycles. The molecule has 0 aromatic heterocycles. The predicted octanol–water partition coefficient (Wildman–Crippen LogP) is 2.93. The second kappa shape index (κ2) is 4.56. The molecule has 0 bridgehead atoms. The first-order valence-electron chi connectivity index (χ1n) is 5.33. The smallest absolute Gasteiger partial charge is 0.307 e. The highest BCUT2D eigenvalue weighted by Gasteiger charge is 2.24. The highest BCUT2D eigenvalue weighted by Crippen LogP contribution is 2.45. The second-order valence-corrected chi connectivity index (χ2v) is 5.02. The third-order valence-corrected chi connectivity index (χ3v) is 3.43. The minimum Gasteiger partial charge on any atom is -0.481 e. The Morgan fingerprint density at radius 2 is 2.24 bits per heavy atom. The van der Waals surface area contributed by atoms with Crippen molar-refractivity contribution in [1.29, 1.82) is 0 Å². The number of carboxylic acids is 1. The molecular weight excluding hydrogens is 288 g/mol. The first-order valence-corrected chi connectivity index (χ1v) is 6.12. The molecule has 1 aromatic rings. The first kappa shape index (κ1) is 12.2. The lowest BCUT2D eigenvalue weighted by Crippen LogP contribution is -2.05. The molecular formula is C12H13BrO4. The van der Waals surface area contributed by atoms with Gasteiger partial charge >= 0.3 is 5.97 Å². The van der Waals surface area contributed by atoms with Crippen molar-refractivity contribution in [3.05, 3.63) is 21.7 Å². The SMILES string of the molecule is CC(C)c1c(CC(=O)O)cc2c(c1Br)OCO2. The maximum absolute atomic E-state index is 10.9. The summed E-state index contributed by atoms with van der Waals surface area (Å²) in [5.41, 5.74) is 1.74. The van der Waals surface area contributed by atoms with Gasteiger partial charge in [-0.15, -0.1) is 0 Å². The lowest BCUT2D eigenvalue weighted by Gasteiger charge is -2.15. The summed E-state index contributed by atoms with van der Waals surface area (Å²) in [6.45, 7) is 4.23. The van der Waals surface area contributed by atoms with Crippen LogP contribution in [0.3, 0.4) is 0 Å². The summed E-state index contributed by atoms with van der Waals surface area (Å²) in [6, 6.07) is 1.76. The van der Waals surface area contributed by atoms with E-state index in [1.54, 1.807) is 6.07 Å². The Balaban J connectivity index is 2.57. The minimum atomic E-state index is -0.849. The second-order valence-electron chi connectivity index (χ2n) is 4.22. The molecule has 92 valence electrons. The van der Waals surface area contributed by atoms with Gasteiger partial charge in [-0.3, -0.25) is 4.79 Å². The molecule has 1 aromatic carbocycles. The van der Waals surface area contributed by atoms with Crippen molar-refractivity contribution in [2.75, 3.05) is 6.79 Å². The Morgan fingerprint density at radius 3 is 2.82 bits per heavy atom. The van der Waals surface area contributed by atoms with Gasteiger partial charge < -0.3 is 14.6 Å². The zero-order chi connectivity index (χ0) is 12.6. The average Bonchev–Trinajstić information content (AvgIpc) is 2.64. The van der Waals surface area contributed by atoms with Crippen LogP contribution in [0.1, 0.15) is 30.9 Å². The van der Waals surface area contributed by atoms with E-state index in [2.05, 4.69) is 15.9 Å². The van der Waals surface area contributed by atoms with Gasteiger partial charge in [0.05, 0.1) is 10.9 Å². The third-order valence-electron chi connectivity index (χ3n) is 2.65. The summed E-state index contributed by atoms with van der Waals surface area (Å²) in [7, 11) is 0. The number of ether oxygens (including phenoxy) is 2. The molecule has 17 heavy (non-hydrogen) atoms. The van der Waals surface area contributed by atoms with Crippen LogP contribution in [0.25, 0.3) is 0 Å². The Bertz CT molecular complexity index is 468. The van der Waals surface area contributed by atoms with Crippen LogP contribution in [-0.4, -0.2) is 17.9 Å². The maximum Gasteiger partial charge on any atom is 0.307 e. The highest BCUT2D eigenvalue weighted by molar-refractivity contribution is 9.10. The number of benzene rings is 1. The molecule has 5 heteroatoms. The van der Waals surface area contributed by atoms with Crippen LogP contribution in [0.15, 0.2) is 10.5 Å². The molecule has 0 radical (unpaired) electrons. The molecule has 0 unspecified atom stereocenters. The summed E-state index contributed by atoms with van der Waals surface area (Å²) < 4.78 is 11.5. The van der Waals surface area contributed by atoms with Crippen molar-refractivity contribution < 1.29 is 19.4 Å². The number of fused-ring (bicyclic) bond motifs is 1. The molecule has 0 saturated heterocycles. The third kappa shape index (κ3) is 2.24. The summed E-state index contributed by atoms with van der Waals surface area (Å²) in [6.07, 6.45) is -0.0112. The van der Waals surface area contributed by atoms with Crippen LogP contribution in [0.5, 0.6) is 11.5 Å². The fourth-order valence-electron chi connectivity index (χ4n) is 2.00. The molecule has 1 aliphatic rings. The summed E-state index contributed by atoms with van der Waals surface area (Å²) in [5.74, 6) is 0.645. The molecule has 0 spiro atoms. The number of rotatable bonds is 3. The number of carbonyl (C=O) groups is 1. The van der Waals surface area contributed by atoms with E-state index in [4.69, 9.17) is 14.6 Å². The largest absolute Gasteiger partial charge is 0.481 e. The Kier molecular flexibility index (Phi) is 3.28. The van der Waals surface area contributed by atoms with Crippen molar-refractivity contribution in [3.63, 3.8) is 0 Å². The average molecular weight is 301 g/mol. The van der Waals surface area contributed by atoms with Gasteiger partial charge in [0.1, 0.15) is 0 Å². The van der Waals surface area contributed by atoms with Crippen molar-refractivity contribution >= 4 is 21.9 Å². The summed E-state index contributed by atoms with van der Waals surface area (Å²) in [4.78, 5) is 10.9. The van der Waals surface area contributed by atoms with Gasteiger partial charge in [-0.05, 0) is 39.0 Å². The summed E-state index contributed by atoms with van der Waals surface area (Å²) in [5, 5.41) is 8.93. The maximum atomic E-state index is 10.9. The van der Waals surface area contributed by atoms with E-state index >= 15 is 0 Å². The first-order chi connectivity index (χ1) is 8.00. The molecule has 1 aliphatic heterocycles. The lowest BCUT2D eigenvalue weighted by atomic mass is 9.94. The number of aliphatic carboxylic acids is 1. The molecule has 0 atom stereocenters. The van der Waals surface area contributed by atoms with E-state index in [9.17, 15) is 4.79 Å². The lowest BCUT2D eigenvalue weighted by molar-refractivity contribution is -0.136. The van der Waals surface area contributed by atoms with Crippen LogP contribution >= 0.6 is 15.9 Å². The Labute approximate surface area is 108 Å². The quantitative estimate of drug-likeness (QED) is 0.932. The zero-order valence-electron chi connectivity index (χ0n) is 9.62. The van der Waals surface area contributed by atoms with Gasteiger partial charge in [0, 0.05) is 0 Å². The fraction of sp³-hybridized carbons (Fsp3) is 0.417. The minimum absolute atomic E-state index is 0.0112. The molecule has 0 fully saturated rings. The highest BCUT2D eigenvalue weighted by atomic mass is 79.9. The molecule has 1 heterocycles. The van der Waals surface area contributed by atoms with Gasteiger partial charge in [-0.2, -0.15) is 0 Å². The van der Waals surface area contributed by atoms with Gasteiger partial charge in [0.2, 0.25) is 6.79 Å². The van der Waals surface area contributed by atoms with Crippen molar-refractivity contribution in [2.45, 2.75) is 26.2 Å². The van der Waals surface area contributed by atoms with Gasteiger partial charge in [-0.25, -0.2) is 0 Å². The molecule has 0 amide bonds. The fourth-order valence-corrected chi connectivity index (χ4v) is 3.02. The van der Waals surface area contributed by atoms with Gasteiger partial charge in [-0.1, -0.05) is 13.8 Å². The van der Waals surface area contributed by atoms with Crippen molar-refractivity contribution in [3.8, 4) is 11.5 Å². The van der Waals surface area contributed by atoms with Crippen molar-refractivity contribution in [1.82, 2.24) is 0 Å². The van der Waals surface area contributed by atoms with Crippen LogP contribution in [-0.2, 0) is 11.2 Å². The van der Waals surface area contributed by atoms with Crippen molar-refractivity contribution in [2.24, 2.45) is 0 Å². The number of halogens is 1. The van der Waals surface area contributed by atoms with Crippen LogP contribution in [0.2, 0.25) is 0 Å². The number of hydrogen-bond acceptors (Lipinski definition) is 3. The van der Waals surface area contributed by atoms with E-state index in [1.807, 2.05) is 13.8 Å². The normalized spacial score (nSPS) is 13.2. The van der Waals surface area contributed by atoms with E-state index in [-0.39, 0.29) is 19.1 Å². The molecule has 4 nitrogen and oxygen atoms in total. The van der Waals surface area contributed by atoms with Gasteiger partial charge in [0.25, 0.3) is 0 Å². The van der Waals surface area contributed by atoms with Crippen LogP contribution in [0.4, 0.5) is 0 Å².